The number of thioether (sulfide) groups is 1. The quantitative estimate of drug-likeness (QED) is 0.748. The number of amides is 1. The molecule has 1 amide bonds. The van der Waals surface area contributed by atoms with Crippen LogP contribution < -0.4 is 10.1 Å². The Morgan fingerprint density at radius 2 is 2.00 bits per heavy atom. The minimum Gasteiger partial charge on any atom is -0.493 e. The fourth-order valence-electron chi connectivity index (χ4n) is 3.70. The molecule has 27 heavy (non-hydrogen) atoms. The first kappa shape index (κ1) is 18.1. The highest BCUT2D eigenvalue weighted by molar-refractivity contribution is 8.18. The van der Waals surface area contributed by atoms with E-state index in [1.165, 1.54) is 31.0 Å². The highest BCUT2D eigenvalue weighted by atomic mass is 32.2. The molecule has 0 aromatic heterocycles. The van der Waals surface area contributed by atoms with Crippen molar-refractivity contribution in [3.63, 3.8) is 0 Å². The molecule has 1 aliphatic heterocycles. The van der Waals surface area contributed by atoms with E-state index in [0.717, 1.165) is 40.1 Å². The molecule has 2 fully saturated rings. The van der Waals surface area contributed by atoms with Crippen molar-refractivity contribution in [1.82, 2.24) is 5.32 Å². The second kappa shape index (κ2) is 8.17. The van der Waals surface area contributed by atoms with Gasteiger partial charge in [0.05, 0.1) is 17.6 Å². The summed E-state index contributed by atoms with van der Waals surface area (Å²) in [5.74, 6) is 0.722. The summed E-state index contributed by atoms with van der Waals surface area (Å²) in [7, 11) is 0. The second-order valence-corrected chi connectivity index (χ2v) is 7.95. The summed E-state index contributed by atoms with van der Waals surface area (Å²) in [6, 6.07) is 12.6. The molecule has 2 aromatic rings. The Kier molecular flexibility index (Phi) is 5.48. The smallest absolute Gasteiger partial charge is 0.264 e. The van der Waals surface area contributed by atoms with E-state index in [-0.39, 0.29) is 5.91 Å². The van der Waals surface area contributed by atoms with Crippen LogP contribution in [-0.4, -0.2) is 23.7 Å². The third-order valence-electron chi connectivity index (χ3n) is 5.03. The van der Waals surface area contributed by atoms with Gasteiger partial charge in [-0.05, 0) is 54.4 Å². The molecule has 5 heteroatoms. The lowest BCUT2D eigenvalue weighted by Crippen LogP contribution is -2.22. The summed E-state index contributed by atoms with van der Waals surface area (Å²) in [4.78, 5) is 18.0. The summed E-state index contributed by atoms with van der Waals surface area (Å²) in [6.07, 6.45) is 7.95. The molecule has 0 atom stereocenters. The lowest BCUT2D eigenvalue weighted by atomic mass is 9.96. The van der Waals surface area contributed by atoms with Crippen LogP contribution >= 0.6 is 11.8 Å². The number of carbonyl (C=O) groups excluding carboxylic acids is 1. The van der Waals surface area contributed by atoms with E-state index in [1.54, 1.807) is 0 Å². The highest BCUT2D eigenvalue weighted by Crippen LogP contribution is 2.34. The van der Waals surface area contributed by atoms with Crippen molar-refractivity contribution in [2.24, 2.45) is 4.99 Å². The molecule has 4 nitrogen and oxygen atoms in total. The van der Waals surface area contributed by atoms with E-state index in [2.05, 4.69) is 23.5 Å². The molecule has 0 radical (unpaired) electrons. The van der Waals surface area contributed by atoms with Crippen molar-refractivity contribution < 1.29 is 9.53 Å². The molecular weight excluding hydrogens is 356 g/mol. The van der Waals surface area contributed by atoms with E-state index < -0.39 is 0 Å². The molecule has 0 spiro atoms. The van der Waals surface area contributed by atoms with E-state index in [9.17, 15) is 4.79 Å². The molecule has 2 aliphatic rings. The van der Waals surface area contributed by atoms with Crippen LogP contribution in [0.4, 0.5) is 0 Å². The first-order valence-corrected chi connectivity index (χ1v) is 10.5. The minimum atomic E-state index is -0.0788. The zero-order valence-electron chi connectivity index (χ0n) is 15.5. The van der Waals surface area contributed by atoms with Gasteiger partial charge in [0.2, 0.25) is 0 Å². The van der Waals surface area contributed by atoms with Gasteiger partial charge in [0.25, 0.3) is 5.91 Å². The topological polar surface area (TPSA) is 50.7 Å². The molecule has 4 rings (SSSR count). The average molecular weight is 381 g/mol. The summed E-state index contributed by atoms with van der Waals surface area (Å²) >= 11 is 1.44. The largest absolute Gasteiger partial charge is 0.493 e. The monoisotopic (exact) mass is 380 g/mol. The first-order valence-electron chi connectivity index (χ1n) is 9.68. The van der Waals surface area contributed by atoms with Gasteiger partial charge in [-0.25, -0.2) is 0 Å². The maximum atomic E-state index is 12.5. The van der Waals surface area contributed by atoms with Crippen LogP contribution in [-0.2, 0) is 4.79 Å². The average Bonchev–Trinajstić information content (AvgIpc) is 3.03. The van der Waals surface area contributed by atoms with Gasteiger partial charge in [-0.3, -0.25) is 9.79 Å². The number of hydrogen-bond acceptors (Lipinski definition) is 4. The third kappa shape index (κ3) is 4.03. The Balaban J connectivity index is 1.67. The summed E-state index contributed by atoms with van der Waals surface area (Å²) in [5.41, 5.74) is 0.950. The fourth-order valence-corrected chi connectivity index (χ4v) is 4.58. The number of nitrogens with zero attached hydrogens (tertiary/aromatic N) is 1. The third-order valence-corrected chi connectivity index (χ3v) is 5.96. The van der Waals surface area contributed by atoms with Crippen molar-refractivity contribution in [3.05, 3.63) is 46.9 Å². The fraction of sp³-hybridized carbons (Fsp3) is 0.364. The van der Waals surface area contributed by atoms with Gasteiger partial charge in [-0.2, -0.15) is 0 Å². The Morgan fingerprint density at radius 1 is 1.19 bits per heavy atom. The molecule has 1 aliphatic carbocycles. The summed E-state index contributed by atoms with van der Waals surface area (Å²) in [6.45, 7) is 2.56. The van der Waals surface area contributed by atoms with E-state index in [1.807, 2.05) is 31.2 Å². The van der Waals surface area contributed by atoms with Crippen LogP contribution in [0.1, 0.15) is 44.6 Å². The van der Waals surface area contributed by atoms with Gasteiger partial charge < -0.3 is 10.1 Å². The zero-order chi connectivity index (χ0) is 18.6. The number of benzene rings is 2. The summed E-state index contributed by atoms with van der Waals surface area (Å²) in [5, 5.41) is 5.89. The normalized spacial score (nSPS) is 21.1. The van der Waals surface area contributed by atoms with Gasteiger partial charge in [0.1, 0.15) is 5.75 Å². The molecule has 2 aromatic carbocycles. The van der Waals surface area contributed by atoms with Crippen LogP contribution in [0.5, 0.6) is 5.75 Å². The Hall–Kier alpha value is -2.27. The van der Waals surface area contributed by atoms with Gasteiger partial charge in [0, 0.05) is 5.56 Å². The molecule has 140 valence electrons. The lowest BCUT2D eigenvalue weighted by Gasteiger charge is -2.17. The van der Waals surface area contributed by atoms with E-state index in [4.69, 9.17) is 9.73 Å². The van der Waals surface area contributed by atoms with Crippen LogP contribution in [0.3, 0.4) is 0 Å². The Bertz CT molecular complexity index is 914. The van der Waals surface area contributed by atoms with Crippen LogP contribution in [0.15, 0.2) is 46.3 Å². The molecule has 1 saturated heterocycles. The zero-order valence-corrected chi connectivity index (χ0v) is 16.3. The highest BCUT2D eigenvalue weighted by Gasteiger charge is 2.26. The lowest BCUT2D eigenvalue weighted by molar-refractivity contribution is -0.115. The molecule has 1 heterocycles. The molecular formula is C22H24N2O2S. The SMILES string of the molecule is CCOc1ccc2ccccc2c1C=C1SC(=NC2CCCCC2)NC1=O. The number of ether oxygens (including phenoxy) is 1. The molecule has 0 bridgehead atoms. The van der Waals surface area contributed by atoms with Crippen LogP contribution in [0.25, 0.3) is 16.8 Å². The van der Waals surface area contributed by atoms with Crippen molar-refractivity contribution in [2.75, 3.05) is 6.61 Å². The maximum absolute atomic E-state index is 12.5. The van der Waals surface area contributed by atoms with Gasteiger partial charge in [0.15, 0.2) is 5.17 Å². The minimum absolute atomic E-state index is 0.0788. The molecule has 0 unspecified atom stereocenters. The molecule has 1 saturated carbocycles. The number of fused-ring (bicyclic) bond motifs is 1. The number of rotatable bonds is 4. The first-order chi connectivity index (χ1) is 13.2. The standard InChI is InChI=1S/C22H24N2O2S/c1-2-26-19-13-12-15-8-6-7-11-17(15)18(19)14-20-21(25)24-22(27-20)23-16-9-4-3-5-10-16/h6-8,11-14,16H,2-5,9-10H2,1H3,(H,23,24,25). The van der Waals surface area contributed by atoms with Crippen molar-refractivity contribution in [3.8, 4) is 5.75 Å². The van der Waals surface area contributed by atoms with Crippen molar-refractivity contribution in [1.29, 1.82) is 0 Å². The summed E-state index contributed by atoms with van der Waals surface area (Å²) < 4.78 is 5.82. The van der Waals surface area contributed by atoms with E-state index >= 15 is 0 Å². The number of hydrogen-bond donors (Lipinski definition) is 1. The Labute approximate surface area is 164 Å². The number of amidine groups is 1. The van der Waals surface area contributed by atoms with Gasteiger partial charge in [-0.1, -0.05) is 49.6 Å². The van der Waals surface area contributed by atoms with Gasteiger partial charge in [-0.15, -0.1) is 0 Å². The predicted molar refractivity (Wildman–Crippen MR) is 113 cm³/mol. The van der Waals surface area contributed by atoms with Crippen molar-refractivity contribution >= 4 is 39.7 Å². The maximum Gasteiger partial charge on any atom is 0.264 e. The number of aliphatic imine (C=N–C) groups is 1. The number of carbonyl (C=O) groups is 1. The second-order valence-electron chi connectivity index (χ2n) is 6.92. The van der Waals surface area contributed by atoms with Crippen molar-refractivity contribution in [2.45, 2.75) is 45.1 Å². The number of nitrogens with one attached hydrogen (secondary N) is 1. The van der Waals surface area contributed by atoms with E-state index in [0.29, 0.717) is 17.6 Å². The molecule has 1 N–H and O–H groups in total. The predicted octanol–water partition coefficient (Wildman–Crippen LogP) is 5.13. The van der Waals surface area contributed by atoms with Crippen LogP contribution in [0, 0.1) is 0 Å². The van der Waals surface area contributed by atoms with Gasteiger partial charge >= 0.3 is 0 Å². The van der Waals surface area contributed by atoms with Crippen LogP contribution in [0.2, 0.25) is 0 Å². The Morgan fingerprint density at radius 3 is 2.81 bits per heavy atom.